The lowest BCUT2D eigenvalue weighted by molar-refractivity contribution is -0.131. The van der Waals surface area contributed by atoms with Crippen LogP contribution < -0.4 is 0 Å². The molecular weight excluding hydrogens is 223 g/mol. The molecule has 0 fully saturated rings. The van der Waals surface area contributed by atoms with Crippen LogP contribution in [0.25, 0.3) is 17.3 Å². The summed E-state index contributed by atoms with van der Waals surface area (Å²) in [6.45, 7) is 0. The number of aromatic nitrogens is 2. The van der Waals surface area contributed by atoms with Crippen LogP contribution >= 0.6 is 0 Å². The average Bonchev–Trinajstić information content (AvgIpc) is 2.75. The Hall–Kier alpha value is -2.43. The topological polar surface area (TPSA) is 66.0 Å². The maximum Gasteiger partial charge on any atom is 0.328 e. The number of hydrogen-bond donors (Lipinski definition) is 2. The summed E-state index contributed by atoms with van der Waals surface area (Å²) < 4.78 is 13.4. The zero-order valence-corrected chi connectivity index (χ0v) is 8.72. The molecule has 0 radical (unpaired) electrons. The first-order valence-electron chi connectivity index (χ1n) is 4.88. The standard InChI is InChI=1S/C12H9FN2O2/c13-9-4-2-1-3-8(9)10-7-14-11(15-10)5-6-12(16)17/h1-7H,(H,14,15)(H,16,17)/b6-5+. The van der Waals surface area contributed by atoms with Crippen LogP contribution in [-0.4, -0.2) is 21.0 Å². The number of aliphatic carboxylic acids is 1. The third kappa shape index (κ3) is 2.57. The number of H-pyrrole nitrogens is 1. The maximum atomic E-state index is 13.4. The van der Waals surface area contributed by atoms with E-state index in [4.69, 9.17) is 5.11 Å². The molecule has 0 saturated carbocycles. The SMILES string of the molecule is O=C(O)/C=C/c1ncc(-c2ccccc2F)[nH]1. The number of carbonyl (C=O) groups is 1. The van der Waals surface area contributed by atoms with E-state index in [0.717, 1.165) is 6.08 Å². The number of benzene rings is 1. The summed E-state index contributed by atoms with van der Waals surface area (Å²) in [6, 6.07) is 6.28. The molecule has 0 aliphatic rings. The molecule has 0 unspecified atom stereocenters. The van der Waals surface area contributed by atoms with Gasteiger partial charge in [-0.3, -0.25) is 0 Å². The van der Waals surface area contributed by atoms with Crippen molar-refractivity contribution in [2.75, 3.05) is 0 Å². The molecule has 1 heterocycles. The first kappa shape index (κ1) is 11.1. The number of hydrogen-bond acceptors (Lipinski definition) is 2. The summed E-state index contributed by atoms with van der Waals surface area (Å²) in [5.41, 5.74) is 0.906. The maximum absolute atomic E-state index is 13.4. The van der Waals surface area contributed by atoms with E-state index in [-0.39, 0.29) is 5.82 Å². The van der Waals surface area contributed by atoms with Crippen molar-refractivity contribution in [3.63, 3.8) is 0 Å². The predicted octanol–water partition coefficient (Wildman–Crippen LogP) is 2.31. The third-order valence-electron chi connectivity index (χ3n) is 2.14. The minimum atomic E-state index is -1.06. The van der Waals surface area contributed by atoms with Crippen LogP contribution in [0, 0.1) is 5.82 Å². The summed E-state index contributed by atoms with van der Waals surface area (Å²) >= 11 is 0. The first-order chi connectivity index (χ1) is 8.16. The number of carboxylic acid groups (broad SMARTS) is 1. The Morgan fingerprint density at radius 1 is 1.41 bits per heavy atom. The number of nitrogens with zero attached hydrogens (tertiary/aromatic N) is 1. The lowest BCUT2D eigenvalue weighted by Gasteiger charge is -1.97. The Bertz CT molecular complexity index is 575. The lowest BCUT2D eigenvalue weighted by atomic mass is 10.1. The van der Waals surface area contributed by atoms with E-state index < -0.39 is 5.97 Å². The number of halogens is 1. The summed E-state index contributed by atoms with van der Waals surface area (Å²) in [5.74, 6) is -1.05. The highest BCUT2D eigenvalue weighted by Crippen LogP contribution is 2.20. The van der Waals surface area contributed by atoms with Crippen LogP contribution in [0.4, 0.5) is 4.39 Å². The zero-order chi connectivity index (χ0) is 12.3. The molecule has 86 valence electrons. The number of rotatable bonds is 3. The smallest absolute Gasteiger partial charge is 0.328 e. The summed E-state index contributed by atoms with van der Waals surface area (Å²) in [4.78, 5) is 17.1. The van der Waals surface area contributed by atoms with Crippen molar-refractivity contribution in [1.82, 2.24) is 9.97 Å². The molecule has 2 aromatic rings. The largest absolute Gasteiger partial charge is 0.478 e. The van der Waals surface area contributed by atoms with Crippen LogP contribution in [-0.2, 0) is 4.79 Å². The lowest BCUT2D eigenvalue weighted by Crippen LogP contribution is -1.87. The quantitative estimate of drug-likeness (QED) is 0.798. The van der Waals surface area contributed by atoms with Gasteiger partial charge in [-0.25, -0.2) is 14.2 Å². The molecule has 2 N–H and O–H groups in total. The second-order valence-electron chi connectivity index (χ2n) is 3.33. The summed E-state index contributed by atoms with van der Waals surface area (Å²) in [5, 5.41) is 8.45. The van der Waals surface area contributed by atoms with E-state index in [1.54, 1.807) is 18.2 Å². The normalized spacial score (nSPS) is 10.9. The minimum Gasteiger partial charge on any atom is -0.478 e. The fraction of sp³-hybridized carbons (Fsp3) is 0. The van der Waals surface area contributed by atoms with Crippen LogP contribution in [0.5, 0.6) is 0 Å². The fourth-order valence-corrected chi connectivity index (χ4v) is 1.39. The fourth-order valence-electron chi connectivity index (χ4n) is 1.39. The second kappa shape index (κ2) is 4.61. The van der Waals surface area contributed by atoms with E-state index in [1.807, 2.05) is 0 Å². The van der Waals surface area contributed by atoms with Gasteiger partial charge in [-0.2, -0.15) is 0 Å². The average molecular weight is 232 g/mol. The molecule has 0 bridgehead atoms. The van der Waals surface area contributed by atoms with Crippen molar-refractivity contribution in [2.45, 2.75) is 0 Å². The highest BCUT2D eigenvalue weighted by atomic mass is 19.1. The van der Waals surface area contributed by atoms with Gasteiger partial charge < -0.3 is 10.1 Å². The Morgan fingerprint density at radius 3 is 2.88 bits per heavy atom. The number of aromatic amines is 1. The van der Waals surface area contributed by atoms with Crippen molar-refractivity contribution < 1.29 is 14.3 Å². The molecule has 0 atom stereocenters. The van der Waals surface area contributed by atoms with E-state index in [2.05, 4.69) is 9.97 Å². The van der Waals surface area contributed by atoms with Gasteiger partial charge in [0.25, 0.3) is 0 Å². The van der Waals surface area contributed by atoms with E-state index in [9.17, 15) is 9.18 Å². The van der Waals surface area contributed by atoms with Crippen LogP contribution in [0.2, 0.25) is 0 Å². The molecule has 2 rings (SSSR count). The van der Waals surface area contributed by atoms with Crippen molar-refractivity contribution in [2.24, 2.45) is 0 Å². The molecule has 1 aromatic heterocycles. The van der Waals surface area contributed by atoms with Gasteiger partial charge >= 0.3 is 5.97 Å². The van der Waals surface area contributed by atoms with E-state index in [0.29, 0.717) is 17.1 Å². The molecule has 5 heteroatoms. The number of nitrogens with one attached hydrogen (secondary N) is 1. The van der Waals surface area contributed by atoms with Gasteiger partial charge in [0.2, 0.25) is 0 Å². The van der Waals surface area contributed by atoms with Crippen LogP contribution in [0.1, 0.15) is 5.82 Å². The van der Waals surface area contributed by atoms with Crippen molar-refractivity contribution in [1.29, 1.82) is 0 Å². The Labute approximate surface area is 96.4 Å². The Morgan fingerprint density at radius 2 is 2.18 bits per heavy atom. The van der Waals surface area contributed by atoms with Gasteiger partial charge in [0.1, 0.15) is 11.6 Å². The van der Waals surface area contributed by atoms with Crippen LogP contribution in [0.15, 0.2) is 36.5 Å². The van der Waals surface area contributed by atoms with Crippen molar-refractivity contribution in [3.05, 3.63) is 48.2 Å². The zero-order valence-electron chi connectivity index (χ0n) is 8.72. The van der Waals surface area contributed by atoms with Crippen molar-refractivity contribution >= 4 is 12.0 Å². The van der Waals surface area contributed by atoms with Gasteiger partial charge in [-0.05, 0) is 18.2 Å². The Kier molecular flexibility index (Phi) is 3.00. The molecule has 0 saturated heterocycles. The summed E-state index contributed by atoms with van der Waals surface area (Å²) in [7, 11) is 0. The number of imidazole rings is 1. The van der Waals surface area contributed by atoms with E-state index in [1.165, 1.54) is 18.3 Å². The van der Waals surface area contributed by atoms with Gasteiger partial charge in [-0.15, -0.1) is 0 Å². The molecule has 0 spiro atoms. The van der Waals surface area contributed by atoms with Gasteiger partial charge in [0.15, 0.2) is 0 Å². The molecule has 17 heavy (non-hydrogen) atoms. The van der Waals surface area contributed by atoms with E-state index >= 15 is 0 Å². The summed E-state index contributed by atoms with van der Waals surface area (Å²) in [6.07, 6.45) is 3.73. The van der Waals surface area contributed by atoms with Gasteiger partial charge in [0, 0.05) is 11.6 Å². The number of carboxylic acids is 1. The van der Waals surface area contributed by atoms with Gasteiger partial charge in [-0.1, -0.05) is 12.1 Å². The minimum absolute atomic E-state index is 0.357. The molecule has 1 aromatic carbocycles. The third-order valence-corrected chi connectivity index (χ3v) is 2.14. The first-order valence-corrected chi connectivity index (χ1v) is 4.88. The predicted molar refractivity (Wildman–Crippen MR) is 60.7 cm³/mol. The highest BCUT2D eigenvalue weighted by molar-refractivity contribution is 5.84. The second-order valence-corrected chi connectivity index (χ2v) is 3.33. The molecule has 0 aliphatic carbocycles. The monoisotopic (exact) mass is 232 g/mol. The van der Waals surface area contributed by atoms with Gasteiger partial charge in [0.05, 0.1) is 11.9 Å². The highest BCUT2D eigenvalue weighted by Gasteiger charge is 2.06. The van der Waals surface area contributed by atoms with Crippen LogP contribution in [0.3, 0.4) is 0 Å². The molecular formula is C12H9FN2O2. The van der Waals surface area contributed by atoms with Crippen molar-refractivity contribution in [3.8, 4) is 11.3 Å². The molecule has 0 amide bonds. The molecule has 4 nitrogen and oxygen atoms in total. The Balaban J connectivity index is 2.30. The molecule has 0 aliphatic heterocycles.